The zero-order valence-corrected chi connectivity index (χ0v) is 16.1. The Hall–Kier alpha value is -2.53. The molecule has 1 saturated heterocycles. The molecule has 0 bridgehead atoms. The van der Waals surface area contributed by atoms with Crippen LogP contribution in [-0.2, 0) is 6.54 Å². The van der Waals surface area contributed by atoms with Crippen LogP contribution in [0, 0.1) is 0 Å². The van der Waals surface area contributed by atoms with Gasteiger partial charge in [-0.1, -0.05) is 26.0 Å². The van der Waals surface area contributed by atoms with Gasteiger partial charge in [-0.05, 0) is 43.7 Å². The Morgan fingerprint density at radius 2 is 2.00 bits per heavy atom. The molecular formula is C22H27N5. The molecule has 4 heterocycles. The lowest BCUT2D eigenvalue weighted by Gasteiger charge is -2.32. The molecular weight excluding hydrogens is 334 g/mol. The highest BCUT2D eigenvalue weighted by Crippen LogP contribution is 2.27. The summed E-state index contributed by atoms with van der Waals surface area (Å²) >= 11 is 0. The zero-order valence-electron chi connectivity index (χ0n) is 16.1. The van der Waals surface area contributed by atoms with Gasteiger partial charge in [0.05, 0.1) is 5.69 Å². The van der Waals surface area contributed by atoms with Crippen molar-refractivity contribution in [3.63, 3.8) is 0 Å². The summed E-state index contributed by atoms with van der Waals surface area (Å²) in [7, 11) is 0. The van der Waals surface area contributed by atoms with E-state index in [2.05, 4.69) is 63.6 Å². The van der Waals surface area contributed by atoms with Crippen LogP contribution in [0.15, 0.2) is 55.0 Å². The minimum atomic E-state index is 0.369. The Balaban J connectivity index is 1.52. The predicted octanol–water partition coefficient (Wildman–Crippen LogP) is 4.17. The van der Waals surface area contributed by atoms with Gasteiger partial charge in [-0.15, -0.1) is 0 Å². The average molecular weight is 361 g/mol. The number of hydrogen-bond acceptors (Lipinski definition) is 4. The fourth-order valence-corrected chi connectivity index (χ4v) is 3.90. The van der Waals surface area contributed by atoms with E-state index in [-0.39, 0.29) is 0 Å². The van der Waals surface area contributed by atoms with Gasteiger partial charge in [0, 0.05) is 49.2 Å². The average Bonchev–Trinajstić information content (AvgIpc) is 3.19. The Bertz CT molecular complexity index is 871. The van der Waals surface area contributed by atoms with E-state index in [0.717, 1.165) is 37.0 Å². The Morgan fingerprint density at radius 1 is 1.07 bits per heavy atom. The molecule has 4 rings (SSSR count). The number of hydrogen-bond donors (Lipinski definition) is 0. The summed E-state index contributed by atoms with van der Waals surface area (Å²) < 4.78 is 2.11. The standard InChI is InChI=1S/C22H27N5/c1-17(2)22-24-12-14-27(22)21-10-5-9-20(25-21)18-7-6-13-26(15-18)16-19-8-3-4-11-23-19/h3-5,8-12,14,17-18H,6-7,13,15-16H2,1-2H3/t18-/m1/s1. The van der Waals surface area contributed by atoms with Crippen LogP contribution in [0.3, 0.4) is 0 Å². The third-order valence-corrected chi connectivity index (χ3v) is 5.22. The molecule has 1 aliphatic heterocycles. The normalized spacial score (nSPS) is 18.1. The minimum Gasteiger partial charge on any atom is -0.297 e. The van der Waals surface area contributed by atoms with Crippen LogP contribution in [0.25, 0.3) is 5.82 Å². The molecule has 0 N–H and O–H groups in total. The molecule has 140 valence electrons. The monoisotopic (exact) mass is 361 g/mol. The van der Waals surface area contributed by atoms with Gasteiger partial charge in [0.15, 0.2) is 0 Å². The number of aromatic nitrogens is 4. The van der Waals surface area contributed by atoms with Crippen LogP contribution < -0.4 is 0 Å². The Labute approximate surface area is 161 Å². The number of pyridine rings is 2. The van der Waals surface area contributed by atoms with Crippen molar-refractivity contribution in [2.45, 2.75) is 45.1 Å². The maximum Gasteiger partial charge on any atom is 0.138 e. The summed E-state index contributed by atoms with van der Waals surface area (Å²) in [6.07, 6.45) is 8.13. The predicted molar refractivity (Wildman–Crippen MR) is 107 cm³/mol. The number of imidazole rings is 1. The zero-order chi connectivity index (χ0) is 18.6. The molecule has 0 amide bonds. The van der Waals surface area contributed by atoms with Crippen molar-refractivity contribution in [3.8, 4) is 5.82 Å². The number of likely N-dealkylation sites (tertiary alicyclic amines) is 1. The van der Waals surface area contributed by atoms with Crippen LogP contribution in [0.4, 0.5) is 0 Å². The molecule has 27 heavy (non-hydrogen) atoms. The third-order valence-electron chi connectivity index (χ3n) is 5.22. The molecule has 1 aliphatic rings. The van der Waals surface area contributed by atoms with Gasteiger partial charge >= 0.3 is 0 Å². The van der Waals surface area contributed by atoms with Crippen LogP contribution >= 0.6 is 0 Å². The highest BCUT2D eigenvalue weighted by molar-refractivity contribution is 5.29. The minimum absolute atomic E-state index is 0.369. The second-order valence-electron chi connectivity index (χ2n) is 7.63. The SMILES string of the molecule is CC(C)c1nccn1-c1cccc([C@@H]2CCCN(Cc3ccccn3)C2)n1. The second-order valence-corrected chi connectivity index (χ2v) is 7.63. The summed E-state index contributed by atoms with van der Waals surface area (Å²) in [5, 5.41) is 0. The first-order chi connectivity index (χ1) is 13.2. The van der Waals surface area contributed by atoms with Gasteiger partial charge in [0.1, 0.15) is 11.6 Å². The molecule has 0 aromatic carbocycles. The van der Waals surface area contributed by atoms with E-state index in [1.807, 2.05) is 24.7 Å². The van der Waals surface area contributed by atoms with Crippen LogP contribution in [-0.4, -0.2) is 37.5 Å². The summed E-state index contributed by atoms with van der Waals surface area (Å²) in [6.45, 7) is 7.41. The van der Waals surface area contributed by atoms with Crippen molar-refractivity contribution in [2.75, 3.05) is 13.1 Å². The van der Waals surface area contributed by atoms with Crippen molar-refractivity contribution >= 4 is 0 Å². The molecule has 0 saturated carbocycles. The maximum absolute atomic E-state index is 5.00. The molecule has 3 aromatic rings. The maximum atomic E-state index is 5.00. The molecule has 3 aromatic heterocycles. The Kier molecular flexibility index (Phi) is 5.30. The smallest absolute Gasteiger partial charge is 0.138 e. The molecule has 5 nitrogen and oxygen atoms in total. The fourth-order valence-electron chi connectivity index (χ4n) is 3.90. The van der Waals surface area contributed by atoms with Gasteiger partial charge < -0.3 is 0 Å². The molecule has 0 radical (unpaired) electrons. The van der Waals surface area contributed by atoms with Crippen molar-refractivity contribution in [2.24, 2.45) is 0 Å². The molecule has 5 heteroatoms. The van der Waals surface area contributed by atoms with Gasteiger partial charge in [-0.2, -0.15) is 0 Å². The summed E-state index contributed by atoms with van der Waals surface area (Å²) in [5.74, 6) is 2.86. The molecule has 0 spiro atoms. The first kappa shape index (κ1) is 17.9. The highest BCUT2D eigenvalue weighted by atomic mass is 15.1. The van der Waals surface area contributed by atoms with Crippen LogP contribution in [0.1, 0.15) is 55.7 Å². The topological polar surface area (TPSA) is 46.8 Å². The molecule has 1 atom stereocenters. The van der Waals surface area contributed by atoms with E-state index < -0.39 is 0 Å². The molecule has 0 aliphatic carbocycles. The van der Waals surface area contributed by atoms with Crippen LogP contribution in [0.2, 0.25) is 0 Å². The van der Waals surface area contributed by atoms with Crippen molar-refractivity contribution < 1.29 is 0 Å². The molecule has 0 unspecified atom stereocenters. The lowest BCUT2D eigenvalue weighted by molar-refractivity contribution is 0.196. The van der Waals surface area contributed by atoms with Crippen molar-refractivity contribution in [1.82, 2.24) is 24.4 Å². The fraction of sp³-hybridized carbons (Fsp3) is 0.409. The van der Waals surface area contributed by atoms with Crippen molar-refractivity contribution in [1.29, 1.82) is 0 Å². The highest BCUT2D eigenvalue weighted by Gasteiger charge is 2.23. The number of piperidine rings is 1. The number of nitrogens with zero attached hydrogens (tertiary/aromatic N) is 5. The third kappa shape index (κ3) is 4.08. The summed E-state index contributed by atoms with van der Waals surface area (Å²) in [4.78, 5) is 16.5. The van der Waals surface area contributed by atoms with E-state index in [1.165, 1.54) is 18.5 Å². The van der Waals surface area contributed by atoms with E-state index in [4.69, 9.17) is 4.98 Å². The largest absolute Gasteiger partial charge is 0.297 e. The first-order valence-electron chi connectivity index (χ1n) is 9.83. The Morgan fingerprint density at radius 3 is 2.81 bits per heavy atom. The van der Waals surface area contributed by atoms with Gasteiger partial charge in [0.25, 0.3) is 0 Å². The van der Waals surface area contributed by atoms with E-state index in [9.17, 15) is 0 Å². The van der Waals surface area contributed by atoms with Gasteiger partial charge in [-0.3, -0.25) is 14.5 Å². The summed E-state index contributed by atoms with van der Waals surface area (Å²) in [6, 6.07) is 12.5. The quantitative estimate of drug-likeness (QED) is 0.684. The van der Waals surface area contributed by atoms with E-state index in [1.54, 1.807) is 0 Å². The lowest BCUT2D eigenvalue weighted by atomic mass is 9.94. The first-order valence-corrected chi connectivity index (χ1v) is 9.83. The van der Waals surface area contributed by atoms with Crippen molar-refractivity contribution in [3.05, 3.63) is 72.2 Å². The van der Waals surface area contributed by atoms with Gasteiger partial charge in [-0.25, -0.2) is 9.97 Å². The van der Waals surface area contributed by atoms with E-state index >= 15 is 0 Å². The summed E-state index contributed by atoms with van der Waals surface area (Å²) in [5.41, 5.74) is 2.32. The van der Waals surface area contributed by atoms with E-state index in [0.29, 0.717) is 11.8 Å². The molecule has 1 fully saturated rings. The van der Waals surface area contributed by atoms with Crippen LogP contribution in [0.5, 0.6) is 0 Å². The van der Waals surface area contributed by atoms with Gasteiger partial charge in [0.2, 0.25) is 0 Å². The number of rotatable bonds is 5. The lowest BCUT2D eigenvalue weighted by Crippen LogP contribution is -2.34. The second kappa shape index (κ2) is 8.01.